The maximum atomic E-state index is 12.2. The van der Waals surface area contributed by atoms with Gasteiger partial charge in [-0.25, -0.2) is 17.9 Å². The standard InChI is InChI=1S/C14H22N2O4S/c1-4-14(15,5-2)10-16-21(18,19)12-8-6-11(7-9-12)13(17)20-3/h6-9,16H,4-5,10,15H2,1-3H3. The van der Waals surface area contributed by atoms with Crippen molar-refractivity contribution in [1.29, 1.82) is 0 Å². The second kappa shape index (κ2) is 7.02. The number of hydrogen-bond donors (Lipinski definition) is 2. The van der Waals surface area contributed by atoms with E-state index in [0.29, 0.717) is 18.4 Å². The summed E-state index contributed by atoms with van der Waals surface area (Å²) in [6.45, 7) is 4.01. The third-order valence-corrected chi connectivity index (χ3v) is 5.03. The molecule has 118 valence electrons. The average molecular weight is 314 g/mol. The van der Waals surface area contributed by atoms with Crippen LogP contribution in [0.5, 0.6) is 0 Å². The first-order valence-electron chi connectivity index (χ1n) is 6.75. The molecule has 0 aliphatic rings. The van der Waals surface area contributed by atoms with Gasteiger partial charge in [-0.2, -0.15) is 0 Å². The van der Waals surface area contributed by atoms with Crippen molar-refractivity contribution >= 4 is 16.0 Å². The van der Waals surface area contributed by atoms with Crippen molar-refractivity contribution in [1.82, 2.24) is 4.72 Å². The second-order valence-corrected chi connectivity index (χ2v) is 6.68. The number of nitrogens with two attached hydrogens (primary N) is 1. The molecule has 0 radical (unpaired) electrons. The number of esters is 1. The Morgan fingerprint density at radius 1 is 1.24 bits per heavy atom. The van der Waals surface area contributed by atoms with E-state index in [2.05, 4.69) is 9.46 Å². The first-order valence-corrected chi connectivity index (χ1v) is 8.23. The highest BCUT2D eigenvalue weighted by Crippen LogP contribution is 2.14. The number of ether oxygens (including phenoxy) is 1. The lowest BCUT2D eigenvalue weighted by atomic mass is 9.95. The van der Waals surface area contributed by atoms with Crippen LogP contribution < -0.4 is 10.5 Å². The van der Waals surface area contributed by atoms with E-state index < -0.39 is 21.5 Å². The number of carbonyl (C=O) groups is 1. The summed E-state index contributed by atoms with van der Waals surface area (Å²) in [4.78, 5) is 11.4. The van der Waals surface area contributed by atoms with Crippen molar-refractivity contribution in [2.24, 2.45) is 5.73 Å². The zero-order chi connectivity index (χ0) is 16.1. The number of benzene rings is 1. The van der Waals surface area contributed by atoms with Crippen molar-refractivity contribution in [2.45, 2.75) is 37.1 Å². The van der Waals surface area contributed by atoms with Gasteiger partial charge in [-0.3, -0.25) is 0 Å². The molecule has 0 unspecified atom stereocenters. The van der Waals surface area contributed by atoms with Crippen LogP contribution >= 0.6 is 0 Å². The Kier molecular flexibility index (Phi) is 5.88. The Morgan fingerprint density at radius 3 is 2.19 bits per heavy atom. The highest BCUT2D eigenvalue weighted by atomic mass is 32.2. The van der Waals surface area contributed by atoms with Crippen molar-refractivity contribution in [3.63, 3.8) is 0 Å². The minimum atomic E-state index is -3.64. The van der Waals surface area contributed by atoms with Gasteiger partial charge in [0.15, 0.2) is 0 Å². The monoisotopic (exact) mass is 314 g/mol. The molecule has 0 aliphatic heterocycles. The van der Waals surface area contributed by atoms with Crippen LogP contribution in [-0.4, -0.2) is 33.6 Å². The van der Waals surface area contributed by atoms with Gasteiger partial charge in [-0.05, 0) is 37.1 Å². The molecule has 0 heterocycles. The van der Waals surface area contributed by atoms with Crippen LogP contribution in [0.4, 0.5) is 0 Å². The summed E-state index contributed by atoms with van der Waals surface area (Å²) in [6, 6.07) is 5.56. The van der Waals surface area contributed by atoms with Crippen LogP contribution in [0.1, 0.15) is 37.0 Å². The van der Waals surface area contributed by atoms with Crippen molar-refractivity contribution in [3.05, 3.63) is 29.8 Å². The Labute approximate surface area is 125 Å². The minimum absolute atomic E-state index is 0.0877. The average Bonchev–Trinajstić information content (AvgIpc) is 2.52. The molecule has 0 aromatic heterocycles. The Hall–Kier alpha value is -1.44. The molecule has 0 atom stereocenters. The molecule has 0 amide bonds. The van der Waals surface area contributed by atoms with Gasteiger partial charge < -0.3 is 10.5 Å². The van der Waals surface area contributed by atoms with Crippen LogP contribution in [0, 0.1) is 0 Å². The Morgan fingerprint density at radius 2 is 1.76 bits per heavy atom. The number of nitrogens with one attached hydrogen (secondary N) is 1. The summed E-state index contributed by atoms with van der Waals surface area (Å²) in [6.07, 6.45) is 1.35. The van der Waals surface area contributed by atoms with Gasteiger partial charge in [0.2, 0.25) is 10.0 Å². The molecule has 0 saturated carbocycles. The fourth-order valence-electron chi connectivity index (χ4n) is 1.71. The predicted molar refractivity (Wildman–Crippen MR) is 80.5 cm³/mol. The number of carbonyl (C=O) groups excluding carboxylic acids is 1. The fraction of sp³-hybridized carbons (Fsp3) is 0.500. The number of rotatable bonds is 7. The van der Waals surface area contributed by atoms with Crippen LogP contribution in [0.15, 0.2) is 29.2 Å². The van der Waals surface area contributed by atoms with Gasteiger partial charge in [0, 0.05) is 12.1 Å². The van der Waals surface area contributed by atoms with Crippen LogP contribution in [0.25, 0.3) is 0 Å². The second-order valence-electron chi connectivity index (χ2n) is 4.91. The van der Waals surface area contributed by atoms with Crippen LogP contribution in [0.2, 0.25) is 0 Å². The van der Waals surface area contributed by atoms with Crippen LogP contribution in [-0.2, 0) is 14.8 Å². The lowest BCUT2D eigenvalue weighted by molar-refractivity contribution is 0.0600. The summed E-state index contributed by atoms with van der Waals surface area (Å²) >= 11 is 0. The first-order chi connectivity index (χ1) is 9.78. The molecule has 0 saturated heterocycles. The van der Waals surface area contributed by atoms with Crippen molar-refractivity contribution in [3.8, 4) is 0 Å². The van der Waals surface area contributed by atoms with Gasteiger partial charge in [0.05, 0.1) is 17.6 Å². The topological polar surface area (TPSA) is 98.5 Å². The largest absolute Gasteiger partial charge is 0.465 e. The molecule has 1 aromatic rings. The zero-order valence-electron chi connectivity index (χ0n) is 12.5. The molecule has 21 heavy (non-hydrogen) atoms. The molecule has 3 N–H and O–H groups in total. The van der Waals surface area contributed by atoms with Crippen molar-refractivity contribution < 1.29 is 17.9 Å². The first kappa shape index (κ1) is 17.6. The summed E-state index contributed by atoms with van der Waals surface area (Å²) in [7, 11) is -2.38. The summed E-state index contributed by atoms with van der Waals surface area (Å²) in [5.41, 5.74) is 5.82. The van der Waals surface area contributed by atoms with Gasteiger partial charge in [-0.1, -0.05) is 13.8 Å². The molecule has 6 nitrogen and oxygen atoms in total. The third-order valence-electron chi connectivity index (χ3n) is 3.61. The lowest BCUT2D eigenvalue weighted by Gasteiger charge is -2.26. The van der Waals surface area contributed by atoms with Gasteiger partial charge in [-0.15, -0.1) is 0 Å². The minimum Gasteiger partial charge on any atom is -0.465 e. The molecule has 1 aromatic carbocycles. The smallest absolute Gasteiger partial charge is 0.337 e. The van der Waals surface area contributed by atoms with E-state index in [4.69, 9.17) is 5.73 Å². The van der Waals surface area contributed by atoms with E-state index in [-0.39, 0.29) is 11.4 Å². The SMILES string of the molecule is CCC(N)(CC)CNS(=O)(=O)c1ccc(C(=O)OC)cc1. The summed E-state index contributed by atoms with van der Waals surface area (Å²) in [5, 5.41) is 0. The van der Waals surface area contributed by atoms with Crippen LogP contribution in [0.3, 0.4) is 0 Å². The predicted octanol–water partition coefficient (Wildman–Crippen LogP) is 1.27. The highest BCUT2D eigenvalue weighted by Gasteiger charge is 2.24. The molecule has 0 spiro atoms. The maximum Gasteiger partial charge on any atom is 0.337 e. The molecular weight excluding hydrogens is 292 g/mol. The molecular formula is C14H22N2O4S. The summed E-state index contributed by atoms with van der Waals surface area (Å²) in [5.74, 6) is -0.509. The number of hydrogen-bond acceptors (Lipinski definition) is 5. The van der Waals surface area contributed by atoms with Gasteiger partial charge in [0.25, 0.3) is 0 Å². The lowest BCUT2D eigenvalue weighted by Crippen LogP contribution is -2.49. The van der Waals surface area contributed by atoms with Gasteiger partial charge in [0.1, 0.15) is 0 Å². The number of sulfonamides is 1. The van der Waals surface area contributed by atoms with E-state index in [9.17, 15) is 13.2 Å². The Balaban J connectivity index is 2.86. The van der Waals surface area contributed by atoms with Gasteiger partial charge >= 0.3 is 5.97 Å². The number of methoxy groups -OCH3 is 1. The molecule has 0 fully saturated rings. The normalized spacial score (nSPS) is 12.2. The molecule has 0 bridgehead atoms. The molecule has 0 aliphatic carbocycles. The van der Waals surface area contributed by atoms with E-state index >= 15 is 0 Å². The van der Waals surface area contributed by atoms with E-state index in [1.54, 1.807) is 0 Å². The molecule has 1 rings (SSSR count). The van der Waals surface area contributed by atoms with E-state index in [1.165, 1.54) is 31.4 Å². The Bertz CT molecular complexity index is 577. The fourth-order valence-corrected chi connectivity index (χ4v) is 2.85. The maximum absolute atomic E-state index is 12.2. The molecule has 7 heteroatoms. The highest BCUT2D eigenvalue weighted by molar-refractivity contribution is 7.89. The van der Waals surface area contributed by atoms with E-state index in [1.807, 2.05) is 13.8 Å². The summed E-state index contributed by atoms with van der Waals surface area (Å²) < 4.78 is 31.4. The van der Waals surface area contributed by atoms with E-state index in [0.717, 1.165) is 0 Å². The van der Waals surface area contributed by atoms with Crippen molar-refractivity contribution in [2.75, 3.05) is 13.7 Å². The third kappa shape index (κ3) is 4.52. The quantitative estimate of drug-likeness (QED) is 0.738. The zero-order valence-corrected chi connectivity index (χ0v) is 13.4.